The number of aryl methyl sites for hydroxylation is 1. The average Bonchev–Trinajstić information content (AvgIpc) is 2.73. The Labute approximate surface area is 107 Å². The summed E-state index contributed by atoms with van der Waals surface area (Å²) in [5, 5.41) is 3.37. The van der Waals surface area contributed by atoms with Gasteiger partial charge in [-0.05, 0) is 24.9 Å². The summed E-state index contributed by atoms with van der Waals surface area (Å²) in [5.41, 5.74) is 1.37. The van der Waals surface area contributed by atoms with E-state index in [1.165, 1.54) is 16.3 Å². The van der Waals surface area contributed by atoms with Gasteiger partial charge in [-0.2, -0.15) is 4.37 Å². The molecule has 1 fully saturated rings. The van der Waals surface area contributed by atoms with Gasteiger partial charge >= 0.3 is 0 Å². The number of piperazine rings is 1. The van der Waals surface area contributed by atoms with Crippen molar-refractivity contribution < 1.29 is 0 Å². The highest BCUT2D eigenvalue weighted by molar-refractivity contribution is 7.06. The summed E-state index contributed by atoms with van der Waals surface area (Å²) in [5.74, 6) is 1.18. The van der Waals surface area contributed by atoms with Crippen LogP contribution in [0.4, 0.5) is 5.82 Å². The van der Waals surface area contributed by atoms with Gasteiger partial charge in [0.15, 0.2) is 0 Å². The zero-order valence-electron chi connectivity index (χ0n) is 10.3. The van der Waals surface area contributed by atoms with Crippen LogP contribution in [-0.4, -0.2) is 30.6 Å². The van der Waals surface area contributed by atoms with Crippen LogP contribution in [0.25, 0.3) is 0 Å². The fraction of sp³-hybridized carbons (Fsp3) is 0.462. The molecule has 1 aromatic heterocycles. The summed E-state index contributed by atoms with van der Waals surface area (Å²) in [6.45, 7) is 10.1. The quantitative estimate of drug-likeness (QED) is 0.829. The molecule has 1 aromatic rings. The molecule has 0 saturated carbocycles. The van der Waals surface area contributed by atoms with Crippen molar-refractivity contribution in [2.75, 3.05) is 31.1 Å². The highest BCUT2D eigenvalue weighted by atomic mass is 32.1. The van der Waals surface area contributed by atoms with E-state index in [2.05, 4.69) is 34.2 Å². The van der Waals surface area contributed by atoms with Gasteiger partial charge < -0.3 is 10.2 Å². The van der Waals surface area contributed by atoms with Gasteiger partial charge in [-0.15, -0.1) is 0 Å². The third kappa shape index (κ3) is 2.96. The standard InChI is InChI=1S/C13H19N3S/c1-3-4-5-6-12-11(2)17-15-13(12)16-9-7-14-8-10-16/h3-5,14H,1,6-10H2,2H3. The Morgan fingerprint density at radius 1 is 1.47 bits per heavy atom. The van der Waals surface area contributed by atoms with E-state index in [0.29, 0.717) is 0 Å². The summed E-state index contributed by atoms with van der Waals surface area (Å²) >= 11 is 1.61. The molecule has 1 aliphatic rings. The molecule has 0 aliphatic carbocycles. The normalized spacial score (nSPS) is 16.6. The van der Waals surface area contributed by atoms with E-state index in [4.69, 9.17) is 0 Å². The van der Waals surface area contributed by atoms with E-state index in [9.17, 15) is 0 Å². The van der Waals surface area contributed by atoms with Crippen molar-refractivity contribution in [1.82, 2.24) is 9.69 Å². The molecule has 4 heteroatoms. The second kappa shape index (κ2) is 5.98. The maximum Gasteiger partial charge on any atom is 0.146 e. The number of hydrogen-bond donors (Lipinski definition) is 1. The van der Waals surface area contributed by atoms with Crippen LogP contribution in [0.2, 0.25) is 0 Å². The Kier molecular flexibility index (Phi) is 4.34. The minimum absolute atomic E-state index is 0.952. The monoisotopic (exact) mass is 249 g/mol. The average molecular weight is 249 g/mol. The van der Waals surface area contributed by atoms with Crippen molar-refractivity contribution in [3.8, 4) is 0 Å². The Morgan fingerprint density at radius 2 is 2.24 bits per heavy atom. The van der Waals surface area contributed by atoms with Gasteiger partial charge in [-0.25, -0.2) is 0 Å². The highest BCUT2D eigenvalue weighted by Gasteiger charge is 2.17. The first-order valence-corrected chi connectivity index (χ1v) is 6.78. The Balaban J connectivity index is 2.15. The molecule has 17 heavy (non-hydrogen) atoms. The molecule has 0 aromatic carbocycles. The smallest absolute Gasteiger partial charge is 0.146 e. The second-order valence-corrected chi connectivity index (χ2v) is 5.12. The molecule has 92 valence electrons. The lowest BCUT2D eigenvalue weighted by Crippen LogP contribution is -2.44. The molecule has 0 atom stereocenters. The molecular weight excluding hydrogens is 230 g/mol. The van der Waals surface area contributed by atoms with Crippen LogP contribution in [0.3, 0.4) is 0 Å². The predicted molar refractivity (Wildman–Crippen MR) is 75.0 cm³/mol. The van der Waals surface area contributed by atoms with Crippen LogP contribution < -0.4 is 10.2 Å². The van der Waals surface area contributed by atoms with E-state index in [0.717, 1.165) is 32.6 Å². The summed E-state index contributed by atoms with van der Waals surface area (Å²) < 4.78 is 4.60. The first kappa shape index (κ1) is 12.3. The predicted octanol–water partition coefficient (Wildman–Crippen LogP) is 2.15. The number of anilines is 1. The fourth-order valence-electron chi connectivity index (χ4n) is 2.02. The molecule has 0 radical (unpaired) electrons. The van der Waals surface area contributed by atoms with Crippen molar-refractivity contribution >= 4 is 17.4 Å². The van der Waals surface area contributed by atoms with Crippen LogP contribution in [0.1, 0.15) is 10.4 Å². The zero-order valence-corrected chi connectivity index (χ0v) is 11.1. The van der Waals surface area contributed by atoms with Crippen LogP contribution >= 0.6 is 11.5 Å². The van der Waals surface area contributed by atoms with Crippen LogP contribution in [0.15, 0.2) is 24.8 Å². The highest BCUT2D eigenvalue weighted by Crippen LogP contribution is 2.27. The van der Waals surface area contributed by atoms with Crippen molar-refractivity contribution in [3.63, 3.8) is 0 Å². The Morgan fingerprint density at radius 3 is 2.94 bits per heavy atom. The van der Waals surface area contributed by atoms with E-state index < -0.39 is 0 Å². The molecule has 1 N–H and O–H groups in total. The maximum absolute atomic E-state index is 4.60. The number of nitrogens with one attached hydrogen (secondary N) is 1. The number of rotatable bonds is 4. The van der Waals surface area contributed by atoms with Crippen molar-refractivity contribution in [3.05, 3.63) is 35.2 Å². The number of allylic oxidation sites excluding steroid dienone is 3. The molecule has 2 heterocycles. The third-order valence-corrected chi connectivity index (χ3v) is 3.76. The molecule has 3 nitrogen and oxygen atoms in total. The first-order chi connectivity index (χ1) is 8.33. The number of hydrogen-bond acceptors (Lipinski definition) is 4. The topological polar surface area (TPSA) is 28.2 Å². The van der Waals surface area contributed by atoms with Gasteiger partial charge in [0.1, 0.15) is 5.82 Å². The molecular formula is C13H19N3S. The van der Waals surface area contributed by atoms with Crippen molar-refractivity contribution in [2.45, 2.75) is 13.3 Å². The molecule has 1 saturated heterocycles. The largest absolute Gasteiger partial charge is 0.353 e. The van der Waals surface area contributed by atoms with Gasteiger partial charge in [0.2, 0.25) is 0 Å². The minimum Gasteiger partial charge on any atom is -0.353 e. The lowest BCUT2D eigenvalue weighted by molar-refractivity contribution is 0.585. The second-order valence-electron chi connectivity index (χ2n) is 4.15. The van der Waals surface area contributed by atoms with E-state index >= 15 is 0 Å². The number of aromatic nitrogens is 1. The molecule has 0 unspecified atom stereocenters. The minimum atomic E-state index is 0.952. The molecule has 0 amide bonds. The van der Waals surface area contributed by atoms with Crippen molar-refractivity contribution in [2.24, 2.45) is 0 Å². The molecule has 0 bridgehead atoms. The number of nitrogens with zero attached hydrogens (tertiary/aromatic N) is 2. The summed E-state index contributed by atoms with van der Waals surface area (Å²) in [6, 6.07) is 0. The Hall–Kier alpha value is -1.13. The van der Waals surface area contributed by atoms with E-state index in [1.54, 1.807) is 11.5 Å². The van der Waals surface area contributed by atoms with E-state index in [-0.39, 0.29) is 0 Å². The lowest BCUT2D eigenvalue weighted by atomic mass is 10.1. The summed E-state index contributed by atoms with van der Waals surface area (Å²) in [6.07, 6.45) is 6.92. The Bertz CT molecular complexity index is 403. The first-order valence-electron chi connectivity index (χ1n) is 6.01. The van der Waals surface area contributed by atoms with Gasteiger partial charge in [-0.1, -0.05) is 24.8 Å². The van der Waals surface area contributed by atoms with Gasteiger partial charge in [-0.3, -0.25) is 0 Å². The van der Waals surface area contributed by atoms with Gasteiger partial charge in [0.25, 0.3) is 0 Å². The van der Waals surface area contributed by atoms with Gasteiger partial charge in [0.05, 0.1) is 0 Å². The lowest BCUT2D eigenvalue weighted by Gasteiger charge is -2.28. The van der Waals surface area contributed by atoms with E-state index in [1.807, 2.05) is 12.2 Å². The molecule has 2 rings (SSSR count). The zero-order chi connectivity index (χ0) is 12.1. The maximum atomic E-state index is 4.60. The third-order valence-electron chi connectivity index (χ3n) is 2.97. The van der Waals surface area contributed by atoms with Crippen molar-refractivity contribution in [1.29, 1.82) is 0 Å². The SMILES string of the molecule is C=CC=CCc1c(N2CCNCC2)nsc1C. The summed E-state index contributed by atoms with van der Waals surface area (Å²) in [7, 11) is 0. The molecule has 1 aliphatic heterocycles. The van der Waals surface area contributed by atoms with Gasteiger partial charge in [0, 0.05) is 36.6 Å². The van der Waals surface area contributed by atoms with Crippen LogP contribution in [0, 0.1) is 6.92 Å². The van der Waals surface area contributed by atoms with Crippen LogP contribution in [-0.2, 0) is 6.42 Å². The summed E-state index contributed by atoms with van der Waals surface area (Å²) in [4.78, 5) is 3.71. The fourth-order valence-corrected chi connectivity index (χ4v) is 2.76. The van der Waals surface area contributed by atoms with Crippen LogP contribution in [0.5, 0.6) is 0 Å². The molecule has 0 spiro atoms.